The second kappa shape index (κ2) is 18.3. The second-order valence-electron chi connectivity index (χ2n) is 15.2. The molecule has 6 N–H and O–H groups in total. The van der Waals surface area contributed by atoms with Gasteiger partial charge in [-0.05, 0) is 80.0 Å². The molecule has 3 aliphatic rings. The van der Waals surface area contributed by atoms with Crippen LogP contribution in [0.2, 0.25) is 0 Å². The lowest BCUT2D eigenvalue weighted by Gasteiger charge is -2.40. The number of H-pyrrole nitrogens is 1. The number of nitrogens with one attached hydrogen (secondary N) is 5. The fourth-order valence-corrected chi connectivity index (χ4v) is 8.17. The van der Waals surface area contributed by atoms with Crippen LogP contribution in [-0.2, 0) is 22.6 Å². The maximum Gasteiger partial charge on any atom is 0.404 e. The Balaban J connectivity index is 1.04. The van der Waals surface area contributed by atoms with Crippen LogP contribution in [0.5, 0.6) is 0 Å². The van der Waals surface area contributed by atoms with E-state index in [0.717, 1.165) is 39.0 Å². The van der Waals surface area contributed by atoms with Gasteiger partial charge in [0.05, 0.1) is 11.7 Å². The monoisotopic (exact) mass is 793 g/mol. The van der Waals surface area contributed by atoms with E-state index in [9.17, 15) is 24.0 Å². The van der Waals surface area contributed by atoms with Gasteiger partial charge >= 0.3 is 18.2 Å². The number of carbonyl (C=O) groups excluding carboxylic acids is 4. The number of pyridine rings is 1. The summed E-state index contributed by atoms with van der Waals surface area (Å²) in [5.41, 5.74) is 5.52. The Morgan fingerprint density at radius 3 is 2.43 bits per heavy atom. The molecule has 4 aromatic rings. The number of carbonyl (C=O) groups is 5. The van der Waals surface area contributed by atoms with Gasteiger partial charge in [0.2, 0.25) is 11.8 Å². The molecule has 7 amide bonds. The summed E-state index contributed by atoms with van der Waals surface area (Å²) in [6.07, 6.45) is 6.64. The van der Waals surface area contributed by atoms with Crippen molar-refractivity contribution in [3.8, 4) is 0 Å². The van der Waals surface area contributed by atoms with E-state index in [1.54, 1.807) is 28.4 Å². The quantitative estimate of drug-likeness (QED) is 0.109. The number of urea groups is 2. The lowest BCUT2D eigenvalue weighted by atomic mass is 9.99. The van der Waals surface area contributed by atoms with Gasteiger partial charge in [-0.15, -0.1) is 0 Å². The van der Waals surface area contributed by atoms with Crippen molar-refractivity contribution in [3.05, 3.63) is 83.8 Å². The Hall–Kier alpha value is -6.39. The highest BCUT2D eigenvalue weighted by Gasteiger charge is 2.35. The molecule has 17 heteroatoms. The van der Waals surface area contributed by atoms with Crippen LogP contribution in [0.25, 0.3) is 10.9 Å². The predicted octanol–water partition coefficient (Wildman–Crippen LogP) is 3.67. The SMILES string of the molecule is Cc1cc(CC(NC(=O)N2CCC(N3Cc4ccccc4NC3=O)CC2)C(=O)NC(CCCCNC(=O)O)C(=O)N2CCN(c3ccncc3)CC2)cc2cn[nH]c12. The molecule has 7 rings (SSSR count). The summed E-state index contributed by atoms with van der Waals surface area (Å²) in [6, 6.07) is 13.0. The molecular formula is C41H51N11O6. The third-order valence-electron chi connectivity index (χ3n) is 11.3. The number of para-hydroxylation sites is 1. The van der Waals surface area contributed by atoms with Crippen molar-refractivity contribution in [2.75, 3.05) is 56.0 Å². The average molecular weight is 794 g/mol. The first-order valence-electron chi connectivity index (χ1n) is 20.0. The largest absolute Gasteiger partial charge is 0.465 e. The highest BCUT2D eigenvalue weighted by Crippen LogP contribution is 2.28. The molecule has 2 unspecified atom stereocenters. The number of unbranched alkanes of at least 4 members (excludes halogenated alkanes) is 1. The molecule has 2 aromatic heterocycles. The number of benzene rings is 2. The molecular weight excluding hydrogens is 743 g/mol. The van der Waals surface area contributed by atoms with Gasteiger partial charge in [0.15, 0.2) is 0 Å². The number of fused-ring (bicyclic) bond motifs is 2. The highest BCUT2D eigenvalue weighted by molar-refractivity contribution is 5.93. The molecule has 5 heterocycles. The number of rotatable bonds is 13. The molecule has 3 aliphatic heterocycles. The van der Waals surface area contributed by atoms with Crippen molar-refractivity contribution in [2.24, 2.45) is 0 Å². The first-order chi connectivity index (χ1) is 28.1. The van der Waals surface area contributed by atoms with E-state index in [1.165, 1.54) is 0 Å². The molecule has 58 heavy (non-hydrogen) atoms. The van der Waals surface area contributed by atoms with E-state index in [4.69, 9.17) is 5.11 Å². The molecule has 0 spiro atoms. The lowest BCUT2D eigenvalue weighted by molar-refractivity contribution is -0.137. The normalized spacial score (nSPS) is 16.9. The van der Waals surface area contributed by atoms with Gasteiger partial charge in [0, 0.05) is 94.0 Å². The second-order valence-corrected chi connectivity index (χ2v) is 15.2. The highest BCUT2D eigenvalue weighted by atomic mass is 16.4. The maximum absolute atomic E-state index is 14.4. The summed E-state index contributed by atoms with van der Waals surface area (Å²) < 4.78 is 0. The van der Waals surface area contributed by atoms with Gasteiger partial charge in [0.25, 0.3) is 0 Å². The number of piperazine rings is 1. The molecule has 2 fully saturated rings. The number of nitrogens with zero attached hydrogens (tertiary/aromatic N) is 6. The minimum Gasteiger partial charge on any atom is -0.465 e. The molecule has 2 saturated heterocycles. The molecule has 2 atom stereocenters. The van der Waals surface area contributed by atoms with E-state index in [0.29, 0.717) is 77.9 Å². The summed E-state index contributed by atoms with van der Waals surface area (Å²) in [6.45, 7) is 5.60. The van der Waals surface area contributed by atoms with Gasteiger partial charge < -0.3 is 46.0 Å². The number of aryl methyl sites for hydroxylation is 1. The fourth-order valence-electron chi connectivity index (χ4n) is 8.17. The number of likely N-dealkylation sites (tertiary alicyclic amines) is 1. The summed E-state index contributed by atoms with van der Waals surface area (Å²) in [4.78, 5) is 78.1. The van der Waals surface area contributed by atoms with Crippen molar-refractivity contribution in [2.45, 2.75) is 70.1 Å². The Morgan fingerprint density at radius 2 is 1.67 bits per heavy atom. The number of hydrogen-bond donors (Lipinski definition) is 6. The number of carboxylic acid groups (broad SMARTS) is 1. The topological polar surface area (TPSA) is 208 Å². The minimum absolute atomic E-state index is 0.0507. The average Bonchev–Trinajstić information content (AvgIpc) is 3.72. The minimum atomic E-state index is -1.12. The van der Waals surface area contributed by atoms with Crippen LogP contribution in [0.1, 0.15) is 48.8 Å². The van der Waals surface area contributed by atoms with Gasteiger partial charge in [-0.1, -0.05) is 24.3 Å². The third kappa shape index (κ3) is 9.58. The predicted molar refractivity (Wildman–Crippen MR) is 217 cm³/mol. The standard InChI is InChI=1S/C41H51N11O6/c1-27-22-28(23-30-25-44-48-36(27)30)24-35(47-39(55)51-16-11-32(12-17-51)52-26-29-6-2-3-7-33(29)46-40(52)56)37(53)45-34(8-4-5-13-43-41(57)58)38(54)50-20-18-49(19-21-50)31-9-14-42-15-10-31/h2-3,6-7,9-10,14-15,22-23,25,32,34-35,43H,4-5,8,11-13,16-21,24,26H2,1H3,(H,44,48)(H,45,53)(H,46,56)(H,47,55)(H,57,58). The number of aromatic nitrogens is 3. The fraction of sp³-hybridized carbons (Fsp3) is 0.439. The van der Waals surface area contributed by atoms with Gasteiger partial charge in [-0.3, -0.25) is 19.7 Å². The number of anilines is 2. The number of piperidine rings is 1. The third-order valence-corrected chi connectivity index (χ3v) is 11.3. The zero-order valence-corrected chi connectivity index (χ0v) is 32.7. The molecule has 0 radical (unpaired) electrons. The van der Waals surface area contributed by atoms with Crippen molar-refractivity contribution < 1.29 is 29.1 Å². The van der Waals surface area contributed by atoms with E-state index in [-0.39, 0.29) is 30.9 Å². The van der Waals surface area contributed by atoms with Crippen LogP contribution in [0.3, 0.4) is 0 Å². The zero-order valence-electron chi connectivity index (χ0n) is 32.7. The van der Waals surface area contributed by atoms with E-state index in [2.05, 4.69) is 41.3 Å². The van der Waals surface area contributed by atoms with Crippen LogP contribution >= 0.6 is 0 Å². The smallest absolute Gasteiger partial charge is 0.404 e. The Bertz CT molecular complexity index is 2100. The molecule has 0 saturated carbocycles. The molecule has 306 valence electrons. The molecule has 0 bridgehead atoms. The van der Waals surface area contributed by atoms with Crippen molar-refractivity contribution in [3.63, 3.8) is 0 Å². The van der Waals surface area contributed by atoms with Crippen LogP contribution in [0.15, 0.2) is 67.1 Å². The van der Waals surface area contributed by atoms with Crippen LogP contribution in [0, 0.1) is 6.92 Å². The van der Waals surface area contributed by atoms with Gasteiger partial charge in [0.1, 0.15) is 12.1 Å². The van der Waals surface area contributed by atoms with Crippen molar-refractivity contribution in [1.29, 1.82) is 0 Å². The van der Waals surface area contributed by atoms with Gasteiger partial charge in [-0.25, -0.2) is 14.4 Å². The summed E-state index contributed by atoms with van der Waals surface area (Å²) in [5.74, 6) is -0.713. The van der Waals surface area contributed by atoms with Gasteiger partial charge in [-0.2, -0.15) is 5.10 Å². The Labute approximate surface area is 336 Å². The van der Waals surface area contributed by atoms with E-state index < -0.39 is 30.1 Å². The van der Waals surface area contributed by atoms with E-state index in [1.807, 2.05) is 60.4 Å². The van der Waals surface area contributed by atoms with Crippen molar-refractivity contribution in [1.82, 2.24) is 45.8 Å². The maximum atomic E-state index is 14.4. The van der Waals surface area contributed by atoms with Crippen LogP contribution in [0.4, 0.5) is 25.8 Å². The Kier molecular flexibility index (Phi) is 12.5. The summed E-state index contributed by atoms with van der Waals surface area (Å²) in [7, 11) is 0. The number of hydrogen-bond acceptors (Lipinski definition) is 8. The summed E-state index contributed by atoms with van der Waals surface area (Å²) >= 11 is 0. The first kappa shape index (κ1) is 39.8. The summed E-state index contributed by atoms with van der Waals surface area (Å²) in [5, 5.41) is 28.4. The number of aromatic amines is 1. The number of amides is 7. The van der Waals surface area contributed by atoms with E-state index >= 15 is 0 Å². The molecule has 0 aliphatic carbocycles. The molecule has 17 nitrogen and oxygen atoms in total. The molecule has 2 aromatic carbocycles. The van der Waals surface area contributed by atoms with Crippen molar-refractivity contribution >= 4 is 52.2 Å². The van der Waals surface area contributed by atoms with Crippen LogP contribution < -0.4 is 26.2 Å². The zero-order chi connectivity index (χ0) is 40.6. The Morgan fingerprint density at radius 1 is 0.914 bits per heavy atom. The van der Waals surface area contributed by atoms with Crippen LogP contribution in [-0.4, -0.2) is 129 Å². The lowest BCUT2D eigenvalue weighted by Crippen LogP contribution is -2.59. The first-order valence-corrected chi connectivity index (χ1v) is 20.0.